The summed E-state index contributed by atoms with van der Waals surface area (Å²) >= 11 is 1.48. The first kappa shape index (κ1) is 15.0. The predicted octanol–water partition coefficient (Wildman–Crippen LogP) is 1.93. The first-order chi connectivity index (χ1) is 11.7. The number of rotatable bonds is 3. The van der Waals surface area contributed by atoms with Crippen molar-refractivity contribution < 1.29 is 23.7 Å². The number of carbonyl (C=O) groups excluding carboxylic acids is 1. The number of amides is 1. The van der Waals surface area contributed by atoms with Crippen molar-refractivity contribution in [3.63, 3.8) is 0 Å². The number of ether oxygens (including phenoxy) is 4. The molecule has 0 radical (unpaired) electrons. The van der Waals surface area contributed by atoms with Gasteiger partial charge in [0.05, 0.1) is 31.4 Å². The van der Waals surface area contributed by atoms with Crippen LogP contribution in [0.5, 0.6) is 23.0 Å². The van der Waals surface area contributed by atoms with Gasteiger partial charge < -0.3 is 24.3 Å². The second kappa shape index (κ2) is 5.82. The summed E-state index contributed by atoms with van der Waals surface area (Å²) in [7, 11) is 3.13. The van der Waals surface area contributed by atoms with Gasteiger partial charge >= 0.3 is 0 Å². The van der Waals surface area contributed by atoms with Crippen LogP contribution in [-0.4, -0.2) is 42.9 Å². The van der Waals surface area contributed by atoms with E-state index in [0.717, 1.165) is 11.1 Å². The zero-order valence-electron chi connectivity index (χ0n) is 13.0. The summed E-state index contributed by atoms with van der Waals surface area (Å²) < 4.78 is 22.1. The minimum Gasteiger partial charge on any atom is -0.492 e. The molecule has 0 saturated carbocycles. The third-order valence-corrected chi connectivity index (χ3v) is 5.16. The third-order valence-electron chi connectivity index (χ3n) is 3.89. The van der Waals surface area contributed by atoms with Crippen LogP contribution in [0.3, 0.4) is 0 Å². The van der Waals surface area contributed by atoms with E-state index in [-0.39, 0.29) is 18.0 Å². The van der Waals surface area contributed by atoms with Crippen molar-refractivity contribution in [2.45, 2.75) is 5.25 Å². The molecule has 126 valence electrons. The summed E-state index contributed by atoms with van der Waals surface area (Å²) in [4.78, 5) is 11.9. The van der Waals surface area contributed by atoms with Crippen LogP contribution in [0.25, 0.3) is 0 Å². The normalized spacial score (nSPS) is 18.6. The van der Waals surface area contributed by atoms with Gasteiger partial charge in [-0.3, -0.25) is 9.89 Å². The molecule has 0 bridgehead atoms. The van der Waals surface area contributed by atoms with Crippen molar-refractivity contribution in [2.24, 2.45) is 0 Å². The summed E-state index contributed by atoms with van der Waals surface area (Å²) in [5.41, 5.74) is 1.70. The molecule has 0 fully saturated rings. The average molecular weight is 349 g/mol. The zero-order valence-corrected chi connectivity index (χ0v) is 13.9. The van der Waals surface area contributed by atoms with Crippen LogP contribution in [0.15, 0.2) is 12.3 Å². The van der Waals surface area contributed by atoms with Crippen molar-refractivity contribution in [3.05, 3.63) is 23.4 Å². The number of anilines is 1. The highest BCUT2D eigenvalue weighted by molar-refractivity contribution is 8.00. The molecule has 0 saturated heterocycles. The van der Waals surface area contributed by atoms with E-state index in [1.165, 1.54) is 11.8 Å². The third kappa shape index (κ3) is 2.23. The highest BCUT2D eigenvalue weighted by atomic mass is 32.2. The second-order valence-corrected chi connectivity index (χ2v) is 6.30. The maximum absolute atomic E-state index is 11.9. The van der Waals surface area contributed by atoms with E-state index in [2.05, 4.69) is 15.5 Å². The molecule has 1 atom stereocenters. The first-order valence-electron chi connectivity index (χ1n) is 7.22. The standard InChI is InChI=1S/C15H15N3O5S/c1-20-11-7(3-9-12(13(11)21-2)23-6-22-9)14-8-4-16-18-15(8)17-10(19)5-24-14/h3-4,14H,5-6H2,1-2H3,(H2,16,17,18,19)/t14-/m1/s1. The Hall–Kier alpha value is -2.55. The Morgan fingerprint density at radius 2 is 2.08 bits per heavy atom. The average Bonchev–Trinajstić information content (AvgIpc) is 3.20. The molecule has 2 N–H and O–H groups in total. The van der Waals surface area contributed by atoms with E-state index in [4.69, 9.17) is 18.9 Å². The number of hydrogen-bond donors (Lipinski definition) is 2. The fraction of sp³-hybridized carbons (Fsp3) is 0.333. The lowest BCUT2D eigenvalue weighted by Gasteiger charge is -2.20. The van der Waals surface area contributed by atoms with Gasteiger partial charge in [0, 0.05) is 11.1 Å². The SMILES string of the molecule is COc1c([C@H]2SCC(=O)Nc3[nH]ncc32)cc2c(c1OC)OCO2. The van der Waals surface area contributed by atoms with Gasteiger partial charge in [0.15, 0.2) is 11.5 Å². The maximum atomic E-state index is 11.9. The van der Waals surface area contributed by atoms with Gasteiger partial charge in [0.25, 0.3) is 0 Å². The lowest BCUT2D eigenvalue weighted by Crippen LogP contribution is -2.12. The van der Waals surface area contributed by atoms with Gasteiger partial charge in [0.1, 0.15) is 5.82 Å². The fourth-order valence-electron chi connectivity index (χ4n) is 2.88. The Labute approximate surface area is 141 Å². The Bertz CT molecular complexity index is 807. The van der Waals surface area contributed by atoms with Gasteiger partial charge in [-0.2, -0.15) is 5.10 Å². The predicted molar refractivity (Wildman–Crippen MR) is 87.2 cm³/mol. The summed E-state index contributed by atoms with van der Waals surface area (Å²) in [6, 6.07) is 1.87. The number of fused-ring (bicyclic) bond motifs is 2. The summed E-state index contributed by atoms with van der Waals surface area (Å²) in [6.07, 6.45) is 1.70. The number of nitrogens with one attached hydrogen (secondary N) is 2. The number of thioether (sulfide) groups is 1. The first-order valence-corrected chi connectivity index (χ1v) is 8.27. The quantitative estimate of drug-likeness (QED) is 0.874. The number of benzene rings is 1. The largest absolute Gasteiger partial charge is 0.492 e. The van der Waals surface area contributed by atoms with Crippen molar-refractivity contribution in [1.29, 1.82) is 0 Å². The minimum atomic E-state index is -0.170. The van der Waals surface area contributed by atoms with Crippen LogP contribution >= 0.6 is 11.8 Å². The highest BCUT2D eigenvalue weighted by Gasteiger charge is 2.33. The molecule has 2 aromatic rings. The molecule has 1 aromatic carbocycles. The molecule has 3 heterocycles. The zero-order chi connectivity index (χ0) is 16.7. The molecule has 1 amide bonds. The van der Waals surface area contributed by atoms with Crippen LogP contribution < -0.4 is 24.3 Å². The summed E-state index contributed by atoms with van der Waals surface area (Å²) in [6.45, 7) is 0.132. The van der Waals surface area contributed by atoms with Crippen molar-refractivity contribution in [1.82, 2.24) is 10.2 Å². The van der Waals surface area contributed by atoms with Crippen LogP contribution in [0, 0.1) is 0 Å². The van der Waals surface area contributed by atoms with E-state index in [1.54, 1.807) is 20.4 Å². The van der Waals surface area contributed by atoms with Crippen LogP contribution in [0.4, 0.5) is 5.82 Å². The Morgan fingerprint density at radius 1 is 1.25 bits per heavy atom. The van der Waals surface area contributed by atoms with E-state index in [9.17, 15) is 4.79 Å². The number of aromatic amines is 1. The number of aromatic nitrogens is 2. The highest BCUT2D eigenvalue weighted by Crippen LogP contribution is 2.54. The molecule has 24 heavy (non-hydrogen) atoms. The van der Waals surface area contributed by atoms with E-state index in [0.29, 0.717) is 34.6 Å². The molecule has 0 unspecified atom stereocenters. The summed E-state index contributed by atoms with van der Waals surface area (Å²) in [5.74, 6) is 2.98. The number of hydrogen-bond acceptors (Lipinski definition) is 7. The molecule has 1 aromatic heterocycles. The molecule has 2 aliphatic heterocycles. The van der Waals surface area contributed by atoms with Crippen molar-refractivity contribution in [2.75, 3.05) is 32.1 Å². The molecular weight excluding hydrogens is 334 g/mol. The molecule has 0 aliphatic carbocycles. The smallest absolute Gasteiger partial charge is 0.235 e. The lowest BCUT2D eigenvalue weighted by molar-refractivity contribution is -0.113. The topological polar surface area (TPSA) is 94.7 Å². The molecule has 0 spiro atoms. The number of carbonyl (C=O) groups is 1. The lowest BCUT2D eigenvalue weighted by atomic mass is 10.0. The van der Waals surface area contributed by atoms with E-state index in [1.807, 2.05) is 6.07 Å². The Morgan fingerprint density at radius 3 is 2.88 bits per heavy atom. The van der Waals surface area contributed by atoms with Crippen molar-refractivity contribution >= 4 is 23.5 Å². The maximum Gasteiger partial charge on any atom is 0.235 e. The number of methoxy groups -OCH3 is 2. The van der Waals surface area contributed by atoms with Gasteiger partial charge in [-0.05, 0) is 6.07 Å². The van der Waals surface area contributed by atoms with E-state index >= 15 is 0 Å². The van der Waals surface area contributed by atoms with E-state index < -0.39 is 0 Å². The van der Waals surface area contributed by atoms with Crippen LogP contribution in [-0.2, 0) is 4.79 Å². The Balaban J connectivity index is 1.89. The molecule has 9 heteroatoms. The van der Waals surface area contributed by atoms with Gasteiger partial charge in [-0.15, -0.1) is 11.8 Å². The number of nitrogens with zero attached hydrogens (tertiary/aromatic N) is 1. The summed E-state index contributed by atoms with van der Waals surface area (Å²) in [5, 5.41) is 9.51. The molecular formula is C15H15N3O5S. The molecule has 2 aliphatic rings. The van der Waals surface area contributed by atoms with Crippen molar-refractivity contribution in [3.8, 4) is 23.0 Å². The van der Waals surface area contributed by atoms with Crippen LogP contribution in [0.2, 0.25) is 0 Å². The van der Waals surface area contributed by atoms with Gasteiger partial charge in [-0.1, -0.05) is 0 Å². The Kier molecular flexibility index (Phi) is 3.64. The molecule has 4 rings (SSSR count). The molecule has 8 nitrogen and oxygen atoms in total. The van der Waals surface area contributed by atoms with Crippen LogP contribution in [0.1, 0.15) is 16.4 Å². The van der Waals surface area contributed by atoms with Gasteiger partial charge in [-0.25, -0.2) is 0 Å². The number of H-pyrrole nitrogens is 1. The monoisotopic (exact) mass is 349 g/mol. The minimum absolute atomic E-state index is 0.0836. The fourth-order valence-corrected chi connectivity index (χ4v) is 3.98. The second-order valence-electron chi connectivity index (χ2n) is 5.21. The van der Waals surface area contributed by atoms with Gasteiger partial charge in [0.2, 0.25) is 24.2 Å².